The summed E-state index contributed by atoms with van der Waals surface area (Å²) in [6, 6.07) is 11.0. The number of carbonyl (C=O) groups is 2. The number of nitrogens with zero attached hydrogens (tertiary/aromatic N) is 1. The van der Waals surface area contributed by atoms with Crippen molar-refractivity contribution >= 4 is 34.8 Å². The molecule has 0 atom stereocenters. The predicted octanol–water partition coefficient (Wildman–Crippen LogP) is 4.26. The third-order valence-electron chi connectivity index (χ3n) is 3.61. The average Bonchev–Trinajstić information content (AvgIpc) is 2.60. The second-order valence-electron chi connectivity index (χ2n) is 5.52. The maximum atomic E-state index is 13.3. The van der Waals surface area contributed by atoms with E-state index in [-0.39, 0.29) is 29.8 Å². The number of benzene rings is 2. The lowest BCUT2D eigenvalue weighted by atomic mass is 10.2. The fourth-order valence-electron chi connectivity index (χ4n) is 2.36. The van der Waals surface area contributed by atoms with Crippen LogP contribution in [0.1, 0.15) is 20.3 Å². The van der Waals surface area contributed by atoms with Gasteiger partial charge in [0.1, 0.15) is 11.6 Å². The number of ether oxygens (including phenoxy) is 1. The van der Waals surface area contributed by atoms with Crippen molar-refractivity contribution in [3.63, 3.8) is 0 Å². The normalized spacial score (nSPS) is 10.3. The Kier molecular flexibility index (Phi) is 6.97. The molecule has 2 aromatic rings. The van der Waals surface area contributed by atoms with Crippen molar-refractivity contribution in [2.24, 2.45) is 0 Å². The van der Waals surface area contributed by atoms with E-state index in [1.54, 1.807) is 24.3 Å². The number of amides is 2. The summed E-state index contributed by atoms with van der Waals surface area (Å²) in [6.07, 6.45) is 0.0851. The van der Waals surface area contributed by atoms with Crippen LogP contribution >= 0.6 is 11.6 Å². The molecule has 0 aromatic heterocycles. The monoisotopic (exact) mass is 378 g/mol. The summed E-state index contributed by atoms with van der Waals surface area (Å²) < 4.78 is 18.6. The first kappa shape index (κ1) is 19.7. The van der Waals surface area contributed by atoms with Crippen LogP contribution in [0.25, 0.3) is 0 Å². The molecule has 26 heavy (non-hydrogen) atoms. The van der Waals surface area contributed by atoms with E-state index >= 15 is 0 Å². The molecular weight excluding hydrogens is 359 g/mol. The third kappa shape index (κ3) is 5.46. The van der Waals surface area contributed by atoms with Gasteiger partial charge in [-0.1, -0.05) is 11.6 Å². The smallest absolute Gasteiger partial charge is 0.226 e. The summed E-state index contributed by atoms with van der Waals surface area (Å²) >= 11 is 5.77. The fourth-order valence-corrected chi connectivity index (χ4v) is 2.53. The summed E-state index contributed by atoms with van der Waals surface area (Å²) in [7, 11) is 0. The van der Waals surface area contributed by atoms with E-state index in [0.29, 0.717) is 18.0 Å². The zero-order valence-corrected chi connectivity index (χ0v) is 15.3. The van der Waals surface area contributed by atoms with Crippen LogP contribution < -0.4 is 15.0 Å². The molecule has 0 spiro atoms. The Morgan fingerprint density at radius 1 is 1.19 bits per heavy atom. The molecular formula is C19H20ClFN2O3. The Morgan fingerprint density at radius 2 is 1.88 bits per heavy atom. The van der Waals surface area contributed by atoms with Crippen molar-refractivity contribution in [1.82, 2.24) is 0 Å². The number of carbonyl (C=O) groups excluding carboxylic acids is 2. The lowest BCUT2D eigenvalue weighted by Gasteiger charge is -2.21. The number of anilines is 2. The quantitative estimate of drug-likeness (QED) is 0.783. The maximum Gasteiger partial charge on any atom is 0.226 e. The van der Waals surface area contributed by atoms with E-state index in [0.717, 1.165) is 5.75 Å². The second-order valence-corrected chi connectivity index (χ2v) is 5.93. The molecule has 0 radical (unpaired) electrons. The van der Waals surface area contributed by atoms with Gasteiger partial charge in [-0.2, -0.15) is 0 Å². The van der Waals surface area contributed by atoms with E-state index in [1.165, 1.54) is 30.0 Å². The van der Waals surface area contributed by atoms with Gasteiger partial charge in [0.2, 0.25) is 11.8 Å². The van der Waals surface area contributed by atoms with Gasteiger partial charge in [0.25, 0.3) is 0 Å². The SMILES string of the molecule is CCOc1ccc(NC(=O)CCN(C(C)=O)c2ccc(F)c(Cl)c2)cc1. The van der Waals surface area contributed by atoms with Gasteiger partial charge in [0.05, 0.1) is 11.6 Å². The Labute approximate surface area is 156 Å². The van der Waals surface area contributed by atoms with Gasteiger partial charge < -0.3 is 15.0 Å². The Hall–Kier alpha value is -2.60. The van der Waals surface area contributed by atoms with Crippen LogP contribution in [0.5, 0.6) is 5.75 Å². The lowest BCUT2D eigenvalue weighted by Crippen LogP contribution is -2.32. The van der Waals surface area contributed by atoms with Crippen LogP contribution in [0.15, 0.2) is 42.5 Å². The van der Waals surface area contributed by atoms with Gasteiger partial charge in [-0.15, -0.1) is 0 Å². The summed E-state index contributed by atoms with van der Waals surface area (Å²) in [5, 5.41) is 2.68. The summed E-state index contributed by atoms with van der Waals surface area (Å²) in [4.78, 5) is 25.4. The van der Waals surface area contributed by atoms with Crippen molar-refractivity contribution < 1.29 is 18.7 Å². The highest BCUT2D eigenvalue weighted by molar-refractivity contribution is 6.31. The zero-order chi connectivity index (χ0) is 19.1. The predicted molar refractivity (Wildman–Crippen MR) is 100 cm³/mol. The molecule has 0 aliphatic carbocycles. The third-order valence-corrected chi connectivity index (χ3v) is 3.90. The first-order valence-electron chi connectivity index (χ1n) is 8.16. The highest BCUT2D eigenvalue weighted by Crippen LogP contribution is 2.23. The highest BCUT2D eigenvalue weighted by Gasteiger charge is 2.15. The topological polar surface area (TPSA) is 58.6 Å². The van der Waals surface area contributed by atoms with Gasteiger partial charge in [0, 0.05) is 31.3 Å². The van der Waals surface area contributed by atoms with Crippen LogP contribution in [0.2, 0.25) is 5.02 Å². The second kappa shape index (κ2) is 9.20. The van der Waals surface area contributed by atoms with E-state index in [2.05, 4.69) is 5.32 Å². The molecule has 2 aromatic carbocycles. The molecule has 0 saturated heterocycles. The van der Waals surface area contributed by atoms with Crippen LogP contribution in [-0.4, -0.2) is 25.0 Å². The van der Waals surface area contributed by atoms with Crippen molar-refractivity contribution in [3.8, 4) is 5.75 Å². The number of halogens is 2. The van der Waals surface area contributed by atoms with E-state index in [9.17, 15) is 14.0 Å². The molecule has 7 heteroatoms. The standard InChI is InChI=1S/C19H20ClFN2O3/c1-3-26-16-7-4-14(5-8-16)22-19(25)10-11-23(13(2)24)15-6-9-18(21)17(20)12-15/h4-9,12H,3,10-11H2,1-2H3,(H,22,25). The molecule has 5 nitrogen and oxygen atoms in total. The lowest BCUT2D eigenvalue weighted by molar-refractivity contribution is -0.117. The number of rotatable bonds is 7. The van der Waals surface area contributed by atoms with Crippen molar-refractivity contribution in [1.29, 1.82) is 0 Å². The molecule has 2 rings (SSSR count). The van der Waals surface area contributed by atoms with Crippen molar-refractivity contribution in [2.45, 2.75) is 20.3 Å². The van der Waals surface area contributed by atoms with E-state index in [4.69, 9.17) is 16.3 Å². The van der Waals surface area contributed by atoms with Gasteiger partial charge in [-0.25, -0.2) is 4.39 Å². The minimum absolute atomic E-state index is 0.0763. The molecule has 0 aliphatic rings. The largest absolute Gasteiger partial charge is 0.494 e. The fraction of sp³-hybridized carbons (Fsp3) is 0.263. The zero-order valence-electron chi connectivity index (χ0n) is 14.6. The van der Waals surface area contributed by atoms with Gasteiger partial charge >= 0.3 is 0 Å². The molecule has 0 heterocycles. The van der Waals surface area contributed by atoms with Crippen LogP contribution in [0, 0.1) is 5.82 Å². The first-order chi connectivity index (χ1) is 12.4. The Morgan fingerprint density at radius 3 is 2.46 bits per heavy atom. The van der Waals surface area contributed by atoms with Gasteiger partial charge in [0.15, 0.2) is 0 Å². The van der Waals surface area contributed by atoms with Gasteiger partial charge in [-0.3, -0.25) is 9.59 Å². The Balaban J connectivity index is 1.96. The van der Waals surface area contributed by atoms with Crippen LogP contribution in [-0.2, 0) is 9.59 Å². The van der Waals surface area contributed by atoms with Crippen LogP contribution in [0.3, 0.4) is 0 Å². The van der Waals surface area contributed by atoms with Crippen LogP contribution in [0.4, 0.5) is 15.8 Å². The molecule has 0 saturated carbocycles. The first-order valence-corrected chi connectivity index (χ1v) is 8.54. The average molecular weight is 379 g/mol. The van der Waals surface area contributed by atoms with Crippen molar-refractivity contribution in [3.05, 3.63) is 53.3 Å². The summed E-state index contributed by atoms with van der Waals surface area (Å²) in [6.45, 7) is 3.99. The molecule has 1 N–H and O–H groups in total. The highest BCUT2D eigenvalue weighted by atomic mass is 35.5. The number of hydrogen-bond donors (Lipinski definition) is 1. The summed E-state index contributed by atoms with van der Waals surface area (Å²) in [5.41, 5.74) is 1.08. The molecule has 0 unspecified atom stereocenters. The summed E-state index contributed by atoms with van der Waals surface area (Å²) in [5.74, 6) is -0.344. The maximum absolute atomic E-state index is 13.3. The number of hydrogen-bond acceptors (Lipinski definition) is 3. The molecule has 0 bridgehead atoms. The minimum Gasteiger partial charge on any atom is -0.494 e. The molecule has 0 aliphatic heterocycles. The minimum atomic E-state index is -0.563. The molecule has 0 fully saturated rings. The van der Waals surface area contributed by atoms with E-state index in [1.807, 2.05) is 6.92 Å². The molecule has 138 valence electrons. The Bertz CT molecular complexity index is 781. The van der Waals surface area contributed by atoms with Crippen molar-refractivity contribution in [2.75, 3.05) is 23.4 Å². The van der Waals surface area contributed by atoms with Gasteiger partial charge in [-0.05, 0) is 49.4 Å². The van der Waals surface area contributed by atoms with E-state index < -0.39 is 5.82 Å². The number of nitrogens with one attached hydrogen (secondary N) is 1. The molecule has 2 amide bonds.